The number of fused-ring (bicyclic) bond motifs is 32. The first-order valence-corrected chi connectivity index (χ1v) is 46.3. The zero-order valence-electron chi connectivity index (χ0n) is 73.7. The molecule has 28 aromatic rings. The predicted octanol–water partition coefficient (Wildman–Crippen LogP) is 34.6. The number of aromatic nitrogens is 4. The summed E-state index contributed by atoms with van der Waals surface area (Å²) < 4.78 is 36.1. The molecule has 30 rings (SSSR count). The minimum absolute atomic E-state index is 0.0884. The first-order chi connectivity index (χ1) is 65.9. The lowest BCUT2D eigenvalue weighted by molar-refractivity contribution is 0.653. The monoisotopic (exact) mass is 1710 g/mol. The average molecular weight is 1710 g/mol. The molecule has 8 heteroatoms. The molecule has 0 radical (unpaired) electrons. The van der Waals surface area contributed by atoms with Crippen LogP contribution in [0.15, 0.2) is 430 Å². The summed E-state index contributed by atoms with van der Waals surface area (Å²) in [5.74, 6) is 0. The molecule has 0 amide bonds. The Hall–Kier alpha value is -17.2. The van der Waals surface area contributed by atoms with Crippen LogP contribution in [0.2, 0.25) is 0 Å². The van der Waals surface area contributed by atoms with Crippen LogP contribution in [0, 0.1) is 0 Å². The van der Waals surface area contributed by atoms with Crippen LogP contribution >= 0.6 is 0 Å². The third-order valence-electron chi connectivity index (χ3n) is 29.9. The molecule has 2 aliphatic rings. The van der Waals surface area contributed by atoms with Gasteiger partial charge in [-0.15, -0.1) is 0 Å². The molecule has 0 spiro atoms. The average Bonchev–Trinajstić information content (AvgIpc) is 1.56. The molecule has 0 saturated heterocycles. The van der Waals surface area contributed by atoms with Gasteiger partial charge >= 0.3 is 0 Å². The number of nitrogens with zero attached hydrogens (tertiary/aromatic N) is 4. The molecule has 20 aromatic carbocycles. The van der Waals surface area contributed by atoms with E-state index in [0.717, 1.165) is 144 Å². The number of hydrogen-bond acceptors (Lipinski definition) is 4. The van der Waals surface area contributed by atoms with E-state index in [0.29, 0.717) is 0 Å². The largest absolute Gasteiger partial charge is 0.456 e. The van der Waals surface area contributed by atoms with Crippen LogP contribution in [0.25, 0.3) is 264 Å². The van der Waals surface area contributed by atoms with Crippen LogP contribution < -0.4 is 0 Å². The molecule has 0 N–H and O–H groups in total. The van der Waals surface area contributed by atoms with Gasteiger partial charge in [-0.2, -0.15) is 0 Å². The van der Waals surface area contributed by atoms with Crippen molar-refractivity contribution in [3.8, 4) is 89.5 Å². The second kappa shape index (κ2) is 27.7. The van der Waals surface area contributed by atoms with E-state index in [2.05, 4.69) is 434 Å². The van der Waals surface area contributed by atoms with Gasteiger partial charge in [0.15, 0.2) is 0 Å². The summed E-state index contributed by atoms with van der Waals surface area (Å²) in [5, 5.41) is 18.9. The fourth-order valence-electron chi connectivity index (χ4n) is 23.5. The summed E-state index contributed by atoms with van der Waals surface area (Å²) in [5.41, 5.74) is 40.5. The van der Waals surface area contributed by atoms with E-state index in [4.69, 9.17) is 17.7 Å². The summed E-state index contributed by atoms with van der Waals surface area (Å²) in [4.78, 5) is 0. The van der Waals surface area contributed by atoms with E-state index in [1.807, 2.05) is 24.3 Å². The minimum Gasteiger partial charge on any atom is -0.456 e. The summed E-state index contributed by atoms with van der Waals surface area (Å²) in [6.45, 7) is 9.29. The van der Waals surface area contributed by atoms with Gasteiger partial charge in [-0.25, -0.2) is 0 Å². The maximum atomic E-state index is 7.00. The van der Waals surface area contributed by atoms with Crippen LogP contribution in [-0.4, -0.2) is 18.3 Å². The molecule has 0 aliphatic heterocycles. The first-order valence-electron chi connectivity index (χ1n) is 46.3. The van der Waals surface area contributed by atoms with Crippen LogP contribution in [0.3, 0.4) is 0 Å². The Balaban J connectivity index is 0.000000131. The normalized spacial score (nSPS) is 13.3. The van der Waals surface area contributed by atoms with E-state index in [9.17, 15) is 0 Å². The summed E-state index contributed by atoms with van der Waals surface area (Å²) >= 11 is 0. The van der Waals surface area contributed by atoms with Crippen molar-refractivity contribution < 1.29 is 17.7 Å². The summed E-state index contributed by atoms with van der Waals surface area (Å²) in [7, 11) is 0. The van der Waals surface area contributed by atoms with Crippen molar-refractivity contribution in [3.63, 3.8) is 0 Å². The van der Waals surface area contributed by atoms with Crippen LogP contribution in [0.1, 0.15) is 49.9 Å². The number of furan rings is 4. The van der Waals surface area contributed by atoms with Crippen molar-refractivity contribution >= 4 is 175 Å². The molecule has 628 valence electrons. The van der Waals surface area contributed by atoms with Gasteiger partial charge in [0, 0.05) is 142 Å². The Bertz CT molecular complexity index is 9970. The highest BCUT2D eigenvalue weighted by atomic mass is 16.3. The fraction of sp³-hybridized carbons (Fsp3) is 0.0476. The molecule has 8 nitrogen and oxygen atoms in total. The van der Waals surface area contributed by atoms with Crippen LogP contribution in [-0.2, 0) is 10.8 Å². The molecule has 134 heavy (non-hydrogen) atoms. The van der Waals surface area contributed by atoms with Crippen LogP contribution in [0.5, 0.6) is 0 Å². The first kappa shape index (κ1) is 74.7. The van der Waals surface area contributed by atoms with Gasteiger partial charge < -0.3 is 35.9 Å². The zero-order valence-corrected chi connectivity index (χ0v) is 73.7. The topological polar surface area (TPSA) is 72.3 Å². The third kappa shape index (κ3) is 10.6. The maximum absolute atomic E-state index is 7.00. The molecule has 2 aliphatic carbocycles. The van der Waals surface area contributed by atoms with E-state index in [-0.39, 0.29) is 10.8 Å². The van der Waals surface area contributed by atoms with Gasteiger partial charge in [0.1, 0.15) is 44.7 Å². The van der Waals surface area contributed by atoms with Crippen molar-refractivity contribution in [1.29, 1.82) is 0 Å². The van der Waals surface area contributed by atoms with Crippen molar-refractivity contribution in [2.24, 2.45) is 0 Å². The van der Waals surface area contributed by atoms with Crippen molar-refractivity contribution in [3.05, 3.63) is 435 Å². The lowest BCUT2D eigenvalue weighted by atomic mass is 9.82. The lowest BCUT2D eigenvalue weighted by Crippen LogP contribution is -2.14. The second-order valence-corrected chi connectivity index (χ2v) is 37.6. The predicted molar refractivity (Wildman–Crippen MR) is 556 cm³/mol. The molecular weight excluding hydrogens is 1630 g/mol. The highest BCUT2D eigenvalue weighted by Gasteiger charge is 2.40. The zero-order chi connectivity index (χ0) is 88.2. The maximum Gasteiger partial charge on any atom is 0.143 e. The van der Waals surface area contributed by atoms with Gasteiger partial charge in [-0.3, -0.25) is 0 Å². The Morgan fingerprint density at radius 1 is 0.164 bits per heavy atom. The van der Waals surface area contributed by atoms with Gasteiger partial charge in [-0.05, 0) is 194 Å². The molecule has 0 bridgehead atoms. The SMILES string of the molecule is CC1(C)c2ccccc2-c2c1ccc1c2oc2c(-c3ccc(-n4c5ccccc5c5ccc(-c6ccc7c(c6)c6ccccc6n7-c6ccc7oc8ccccc8c7c6)cc54)cc3)cccc21.CC1(C)c2ccccc2-c2c1ccc1c2oc2c(-c3ccc(-n4c5ccccc5c5ccc(-c6ccc7c8ccccc8n(-c8ccc9oc%10ccccc%10c9c8)c7c6)cc54)cc3)cccc21. The molecule has 8 heterocycles. The quantitative estimate of drug-likeness (QED) is 0.152. The lowest BCUT2D eigenvalue weighted by Gasteiger charge is -2.21. The Morgan fingerprint density at radius 3 is 0.888 bits per heavy atom. The van der Waals surface area contributed by atoms with Gasteiger partial charge in [-0.1, -0.05) is 313 Å². The van der Waals surface area contributed by atoms with Crippen molar-refractivity contribution in [2.45, 2.75) is 38.5 Å². The third-order valence-corrected chi connectivity index (χ3v) is 29.9. The summed E-state index contributed by atoms with van der Waals surface area (Å²) in [6.07, 6.45) is 0. The standard InChI is InChI=1S/2C63H40N2O2/c1-63(2)52-18-7-3-15-49(52)60-53(63)31-30-48-47-17-11-16-42(61(47)67-62(48)60)37-22-26-40(27-23-37)64-54-19-8-4-12-43(54)45-29-24-39(35-57(45)64)38-25-32-56-50(34-38)44-13-5-9-20-55(44)65(56)41-28-33-59-51(36-41)46-14-6-10-21-58(46)66-59;1-63(2)52-18-7-3-15-50(52)60-53(63)32-31-49-48-17-11-16-42(61(48)67-62(49)60)37-22-26-40(27-23-37)64-54-19-8-4-12-43(54)45-29-24-38(34-56(45)64)39-25-30-46-44-13-5-9-20-55(44)65(57(46)35-39)41-28-33-59-51(36-41)47-14-6-10-21-58(47)66-59/h2*3-36H,1-2H3. The van der Waals surface area contributed by atoms with E-state index >= 15 is 0 Å². The number of rotatable bonds is 8. The Kier molecular flexibility index (Phi) is 15.4. The Labute approximate surface area is 768 Å². The van der Waals surface area contributed by atoms with Gasteiger partial charge in [0.05, 0.1) is 44.1 Å². The fourth-order valence-corrected chi connectivity index (χ4v) is 23.5. The minimum atomic E-state index is -0.0897. The number of para-hydroxylation sites is 8. The van der Waals surface area contributed by atoms with E-state index in [1.54, 1.807) is 0 Å². The Morgan fingerprint density at radius 2 is 0.455 bits per heavy atom. The molecule has 8 aromatic heterocycles. The highest BCUT2D eigenvalue weighted by molar-refractivity contribution is 6.20. The van der Waals surface area contributed by atoms with Gasteiger partial charge in [0.2, 0.25) is 0 Å². The summed E-state index contributed by atoms with van der Waals surface area (Å²) in [6, 6.07) is 150. The molecular formula is C126H80N4O4. The molecule has 0 atom stereocenters. The second-order valence-electron chi connectivity index (χ2n) is 37.6. The van der Waals surface area contributed by atoms with Crippen LogP contribution in [0.4, 0.5) is 0 Å². The number of hydrogen-bond donors (Lipinski definition) is 0. The molecule has 0 saturated carbocycles. The smallest absolute Gasteiger partial charge is 0.143 e. The van der Waals surface area contributed by atoms with E-state index in [1.165, 1.54) is 143 Å². The van der Waals surface area contributed by atoms with Crippen molar-refractivity contribution in [2.75, 3.05) is 0 Å². The highest BCUT2D eigenvalue weighted by Crippen LogP contribution is 2.56. The molecule has 0 fully saturated rings. The molecule has 0 unspecified atom stereocenters. The van der Waals surface area contributed by atoms with E-state index < -0.39 is 0 Å². The van der Waals surface area contributed by atoms with Gasteiger partial charge in [0.25, 0.3) is 0 Å². The van der Waals surface area contributed by atoms with Crippen molar-refractivity contribution in [1.82, 2.24) is 18.3 Å². The number of benzene rings is 20.